The average Bonchev–Trinajstić information content (AvgIpc) is 3.06. The highest BCUT2D eigenvalue weighted by Crippen LogP contribution is 2.16. The maximum Gasteiger partial charge on any atom is 0.329 e. The lowest BCUT2D eigenvalue weighted by atomic mass is 10.1. The number of aromatic amines is 1. The van der Waals surface area contributed by atoms with Crippen molar-refractivity contribution in [3.63, 3.8) is 0 Å². The molecular weight excluding hydrogens is 374 g/mol. The molecule has 9 heteroatoms. The van der Waals surface area contributed by atoms with Crippen molar-refractivity contribution in [1.82, 2.24) is 19.1 Å². The summed E-state index contributed by atoms with van der Waals surface area (Å²) in [7, 11) is 1.54. The Kier molecular flexibility index (Phi) is 6.63. The summed E-state index contributed by atoms with van der Waals surface area (Å²) in [6, 6.07) is 9.96. The molecule has 29 heavy (non-hydrogen) atoms. The molecule has 3 rings (SSSR count). The van der Waals surface area contributed by atoms with Crippen LogP contribution in [0.15, 0.2) is 52.6 Å². The molecule has 9 nitrogen and oxygen atoms in total. The number of benzene rings is 1. The number of imidazole rings is 1. The molecule has 1 atom stereocenters. The summed E-state index contributed by atoms with van der Waals surface area (Å²) in [5.41, 5.74) is 0.534. The Hall–Kier alpha value is -3.17. The third-order valence-corrected chi connectivity index (χ3v) is 4.49. The number of aryl methyl sites for hydroxylation is 1. The van der Waals surface area contributed by atoms with Crippen molar-refractivity contribution in [3.05, 3.63) is 69.4 Å². The molecule has 0 aliphatic heterocycles. The number of nitrogens with one attached hydrogen (secondary N) is 2. The molecular formula is C20H25N5O4. The van der Waals surface area contributed by atoms with Crippen molar-refractivity contribution in [2.45, 2.75) is 19.1 Å². The molecule has 0 spiro atoms. The molecule has 154 valence electrons. The van der Waals surface area contributed by atoms with E-state index >= 15 is 0 Å². The minimum Gasteiger partial charge on any atom is -0.389 e. The van der Waals surface area contributed by atoms with E-state index in [4.69, 9.17) is 4.74 Å². The van der Waals surface area contributed by atoms with Gasteiger partial charge in [-0.1, -0.05) is 36.4 Å². The number of H-pyrrole nitrogens is 1. The van der Waals surface area contributed by atoms with Crippen molar-refractivity contribution in [3.8, 4) is 0 Å². The van der Waals surface area contributed by atoms with E-state index in [2.05, 4.69) is 21.9 Å². The first-order chi connectivity index (χ1) is 14.0. The number of ether oxygens (including phenoxy) is 1. The van der Waals surface area contributed by atoms with Gasteiger partial charge in [0, 0.05) is 13.6 Å². The summed E-state index contributed by atoms with van der Waals surface area (Å²) >= 11 is 0. The Morgan fingerprint density at radius 2 is 2.10 bits per heavy atom. The van der Waals surface area contributed by atoms with Gasteiger partial charge in [0.25, 0.3) is 5.56 Å². The molecule has 0 unspecified atom stereocenters. The summed E-state index contributed by atoms with van der Waals surface area (Å²) in [4.78, 5) is 31.1. The maximum atomic E-state index is 12.4. The summed E-state index contributed by atoms with van der Waals surface area (Å²) in [5.74, 6) is 0.408. The van der Waals surface area contributed by atoms with E-state index in [1.165, 1.54) is 11.6 Å². The predicted molar refractivity (Wildman–Crippen MR) is 111 cm³/mol. The van der Waals surface area contributed by atoms with Crippen LogP contribution in [0.1, 0.15) is 5.56 Å². The van der Waals surface area contributed by atoms with Crippen molar-refractivity contribution in [2.75, 3.05) is 25.1 Å². The number of anilines is 1. The monoisotopic (exact) mass is 399 g/mol. The summed E-state index contributed by atoms with van der Waals surface area (Å²) in [6.45, 7) is 4.63. The van der Waals surface area contributed by atoms with E-state index in [-0.39, 0.29) is 24.3 Å². The highest BCUT2D eigenvalue weighted by atomic mass is 16.5. The first-order valence-electron chi connectivity index (χ1n) is 9.35. The number of rotatable bonds is 10. The molecule has 2 aromatic heterocycles. The van der Waals surface area contributed by atoms with Gasteiger partial charge in [0.05, 0.1) is 25.9 Å². The molecule has 0 fully saturated rings. The van der Waals surface area contributed by atoms with Gasteiger partial charge < -0.3 is 19.7 Å². The Morgan fingerprint density at radius 3 is 2.83 bits per heavy atom. The van der Waals surface area contributed by atoms with Crippen LogP contribution in [-0.4, -0.2) is 50.1 Å². The van der Waals surface area contributed by atoms with Crippen LogP contribution < -0.4 is 16.6 Å². The molecule has 0 saturated carbocycles. The number of fused-ring (bicyclic) bond motifs is 1. The number of nitrogens with zero attached hydrogens (tertiary/aromatic N) is 3. The lowest BCUT2D eigenvalue weighted by molar-refractivity contribution is 0.0405. The standard InChI is InChI=1S/C20H25N5O4/c1-3-11-29-13-15(26)12-25-16-17(24(2)20(28)23-18(16)27)22-19(25)21-10-9-14-7-5-4-6-8-14/h3-8,15,26H,1,9-13H2,2H3,(H,21,22)(H,23,27,28)/t15-/m0/s1. The quantitative estimate of drug-likeness (QED) is 0.341. The van der Waals surface area contributed by atoms with E-state index in [1.807, 2.05) is 30.3 Å². The van der Waals surface area contributed by atoms with E-state index in [0.717, 1.165) is 12.0 Å². The highest BCUT2D eigenvalue weighted by molar-refractivity contribution is 5.74. The van der Waals surface area contributed by atoms with Crippen molar-refractivity contribution in [2.24, 2.45) is 7.05 Å². The first-order valence-corrected chi connectivity index (χ1v) is 9.35. The Morgan fingerprint density at radius 1 is 1.34 bits per heavy atom. The molecule has 0 aliphatic carbocycles. The van der Waals surface area contributed by atoms with Crippen molar-refractivity contribution < 1.29 is 9.84 Å². The van der Waals surface area contributed by atoms with E-state index in [9.17, 15) is 14.7 Å². The van der Waals surface area contributed by atoms with Crippen molar-refractivity contribution in [1.29, 1.82) is 0 Å². The molecule has 0 amide bonds. The fourth-order valence-electron chi connectivity index (χ4n) is 3.06. The van der Waals surface area contributed by atoms with Crippen molar-refractivity contribution >= 4 is 17.1 Å². The van der Waals surface area contributed by atoms with Crippen LogP contribution in [0, 0.1) is 0 Å². The molecule has 2 heterocycles. The summed E-state index contributed by atoms with van der Waals surface area (Å²) in [6.07, 6.45) is 1.49. The third-order valence-electron chi connectivity index (χ3n) is 4.49. The maximum absolute atomic E-state index is 12.4. The SMILES string of the molecule is C=CCOC[C@@H](O)Cn1c(NCCc2ccccc2)nc2c1c(=O)[nH]c(=O)n2C. The molecule has 0 bridgehead atoms. The fraction of sp³-hybridized carbons (Fsp3) is 0.350. The third kappa shape index (κ3) is 4.82. The zero-order valence-electron chi connectivity index (χ0n) is 16.3. The topological polar surface area (TPSA) is 114 Å². The van der Waals surface area contributed by atoms with Crippen LogP contribution in [0.25, 0.3) is 11.2 Å². The highest BCUT2D eigenvalue weighted by Gasteiger charge is 2.19. The van der Waals surface area contributed by atoms with Gasteiger partial charge in [-0.3, -0.25) is 14.3 Å². The van der Waals surface area contributed by atoms with Gasteiger partial charge in [-0.05, 0) is 12.0 Å². The second-order valence-electron chi connectivity index (χ2n) is 6.68. The van der Waals surface area contributed by atoms with Crippen LogP contribution >= 0.6 is 0 Å². The number of hydrogen-bond donors (Lipinski definition) is 3. The van der Waals surface area contributed by atoms with Crippen LogP contribution in [-0.2, 0) is 24.8 Å². The molecule has 3 N–H and O–H groups in total. The minimum absolute atomic E-state index is 0.0822. The zero-order valence-corrected chi connectivity index (χ0v) is 16.3. The fourth-order valence-corrected chi connectivity index (χ4v) is 3.06. The number of aromatic nitrogens is 4. The smallest absolute Gasteiger partial charge is 0.329 e. The first kappa shape index (κ1) is 20.6. The van der Waals surface area contributed by atoms with Gasteiger partial charge >= 0.3 is 5.69 Å². The Bertz CT molecular complexity index is 1080. The van der Waals surface area contributed by atoms with Gasteiger partial charge in [-0.15, -0.1) is 6.58 Å². The predicted octanol–water partition coefficient (Wildman–Crippen LogP) is 0.641. The second kappa shape index (κ2) is 9.35. The van der Waals surface area contributed by atoms with E-state index in [0.29, 0.717) is 19.1 Å². The Balaban J connectivity index is 1.88. The largest absolute Gasteiger partial charge is 0.389 e. The number of aliphatic hydroxyl groups is 1. The van der Waals surface area contributed by atoms with Crippen LogP contribution in [0.2, 0.25) is 0 Å². The normalized spacial score (nSPS) is 12.2. The van der Waals surface area contributed by atoms with E-state index in [1.54, 1.807) is 10.6 Å². The minimum atomic E-state index is -0.862. The number of aliphatic hydroxyl groups excluding tert-OH is 1. The lowest BCUT2D eigenvalue weighted by Gasteiger charge is -2.15. The molecule has 1 aromatic carbocycles. The summed E-state index contributed by atoms with van der Waals surface area (Å²) < 4.78 is 8.15. The van der Waals surface area contributed by atoms with Gasteiger partial charge in [0.2, 0.25) is 5.95 Å². The van der Waals surface area contributed by atoms with Crippen LogP contribution in [0.4, 0.5) is 5.95 Å². The average molecular weight is 399 g/mol. The molecule has 0 radical (unpaired) electrons. The van der Waals surface area contributed by atoms with Crippen LogP contribution in [0.5, 0.6) is 0 Å². The zero-order chi connectivity index (χ0) is 20.8. The van der Waals surface area contributed by atoms with E-state index < -0.39 is 17.4 Å². The van der Waals surface area contributed by atoms with Gasteiger partial charge in [-0.2, -0.15) is 4.98 Å². The van der Waals surface area contributed by atoms with Gasteiger partial charge in [-0.25, -0.2) is 4.79 Å². The van der Waals surface area contributed by atoms with Gasteiger partial charge in [0.15, 0.2) is 11.2 Å². The van der Waals surface area contributed by atoms with Crippen LogP contribution in [0.3, 0.4) is 0 Å². The molecule has 3 aromatic rings. The Labute approximate surface area is 167 Å². The second-order valence-corrected chi connectivity index (χ2v) is 6.68. The molecule has 0 saturated heterocycles. The number of hydrogen-bond acceptors (Lipinski definition) is 6. The molecule has 0 aliphatic rings. The van der Waals surface area contributed by atoms with Gasteiger partial charge in [0.1, 0.15) is 0 Å². The lowest BCUT2D eigenvalue weighted by Crippen LogP contribution is -2.30. The summed E-state index contributed by atoms with van der Waals surface area (Å²) in [5, 5.41) is 13.5.